The van der Waals surface area contributed by atoms with Crippen LogP contribution in [0.5, 0.6) is 0 Å². The van der Waals surface area contributed by atoms with Crippen molar-refractivity contribution in [2.24, 2.45) is 0 Å². The summed E-state index contributed by atoms with van der Waals surface area (Å²) in [5.74, 6) is -1.85. The number of hydrogen-bond donors (Lipinski definition) is 0. The summed E-state index contributed by atoms with van der Waals surface area (Å²) in [4.78, 5) is 15.4. The Balaban J connectivity index is 2.91. The molecule has 6 nitrogen and oxygen atoms in total. The van der Waals surface area contributed by atoms with E-state index in [0.29, 0.717) is 0 Å². The monoisotopic (exact) mass is 286 g/mol. The highest BCUT2D eigenvalue weighted by Crippen LogP contribution is 2.21. The third kappa shape index (κ3) is 2.07. The first-order valence-corrected chi connectivity index (χ1v) is 7.05. The number of halogens is 1. The van der Waals surface area contributed by atoms with Crippen LogP contribution >= 0.6 is 0 Å². The van der Waals surface area contributed by atoms with E-state index in [2.05, 4.69) is 9.72 Å². The summed E-state index contributed by atoms with van der Waals surface area (Å²) in [5, 5.41) is -0.466. The van der Waals surface area contributed by atoms with E-state index in [-0.39, 0.29) is 17.1 Å². The first-order valence-electron chi connectivity index (χ1n) is 5.40. The van der Waals surface area contributed by atoms with Crippen molar-refractivity contribution in [3.8, 4) is 0 Å². The predicted octanol–water partition coefficient (Wildman–Crippen LogP) is 1.05. The van der Waals surface area contributed by atoms with Gasteiger partial charge in [0.25, 0.3) is 0 Å². The fraction of sp³-hybridized carbons (Fsp3) is 0.273. The lowest BCUT2D eigenvalue weighted by Crippen LogP contribution is -2.13. The predicted molar refractivity (Wildman–Crippen MR) is 64.2 cm³/mol. The van der Waals surface area contributed by atoms with E-state index in [4.69, 9.17) is 0 Å². The minimum absolute atomic E-state index is 0.227. The number of pyridine rings is 1. The van der Waals surface area contributed by atoms with Crippen LogP contribution in [0, 0.1) is 5.82 Å². The molecule has 0 aliphatic heterocycles. The Morgan fingerprint density at radius 3 is 2.79 bits per heavy atom. The lowest BCUT2D eigenvalue weighted by molar-refractivity contribution is 0.0588. The lowest BCUT2D eigenvalue weighted by atomic mass is 10.4. The lowest BCUT2D eigenvalue weighted by Gasteiger charge is -2.02. The molecule has 0 spiro atoms. The second-order valence-electron chi connectivity index (χ2n) is 3.71. The van der Waals surface area contributed by atoms with Gasteiger partial charge in [-0.1, -0.05) is 6.92 Å². The molecule has 0 N–H and O–H groups in total. The van der Waals surface area contributed by atoms with Gasteiger partial charge in [0.1, 0.15) is 0 Å². The van der Waals surface area contributed by atoms with Crippen LogP contribution in [-0.2, 0) is 14.6 Å². The molecule has 2 rings (SSSR count). The molecular weight excluding hydrogens is 275 g/mol. The molecule has 19 heavy (non-hydrogen) atoms. The maximum atomic E-state index is 13.6. The standard InChI is InChI=1S/C11H11FN2O4S/c1-3-19(16,17)10-8(11(15)18-2)14-6-4-5-7(12)9(14)13-10/h4-6H,3H2,1-2H3. The maximum absolute atomic E-state index is 13.6. The van der Waals surface area contributed by atoms with Gasteiger partial charge < -0.3 is 4.74 Å². The number of nitrogens with zero attached hydrogens (tertiary/aromatic N) is 2. The van der Waals surface area contributed by atoms with E-state index in [1.807, 2.05) is 0 Å². The Kier molecular flexibility index (Phi) is 3.27. The second kappa shape index (κ2) is 4.61. The van der Waals surface area contributed by atoms with Crippen LogP contribution in [0.1, 0.15) is 17.4 Å². The van der Waals surface area contributed by atoms with Crippen LogP contribution in [0.4, 0.5) is 4.39 Å². The Morgan fingerprint density at radius 1 is 1.53 bits per heavy atom. The van der Waals surface area contributed by atoms with Crippen molar-refractivity contribution in [2.75, 3.05) is 12.9 Å². The number of esters is 1. The molecule has 0 saturated carbocycles. The number of rotatable bonds is 3. The van der Waals surface area contributed by atoms with Gasteiger partial charge in [0.2, 0.25) is 0 Å². The molecule has 2 aromatic rings. The van der Waals surface area contributed by atoms with Crippen LogP contribution in [0.25, 0.3) is 5.65 Å². The average Bonchev–Trinajstić information content (AvgIpc) is 2.79. The highest BCUT2D eigenvalue weighted by molar-refractivity contribution is 7.91. The van der Waals surface area contributed by atoms with Crippen LogP contribution < -0.4 is 0 Å². The second-order valence-corrected chi connectivity index (χ2v) is 5.90. The number of aromatic nitrogens is 2. The van der Waals surface area contributed by atoms with Gasteiger partial charge in [-0.2, -0.15) is 0 Å². The highest BCUT2D eigenvalue weighted by Gasteiger charge is 2.29. The number of carbonyl (C=O) groups excluding carboxylic acids is 1. The Morgan fingerprint density at radius 2 is 2.21 bits per heavy atom. The van der Waals surface area contributed by atoms with Crippen molar-refractivity contribution in [1.29, 1.82) is 0 Å². The zero-order valence-corrected chi connectivity index (χ0v) is 11.1. The van der Waals surface area contributed by atoms with Gasteiger partial charge in [0.05, 0.1) is 12.9 Å². The van der Waals surface area contributed by atoms with E-state index in [0.717, 1.165) is 17.6 Å². The van der Waals surface area contributed by atoms with Gasteiger partial charge in [-0.3, -0.25) is 4.40 Å². The molecule has 0 atom stereocenters. The number of carbonyl (C=O) groups is 1. The first-order chi connectivity index (χ1) is 8.92. The molecule has 0 aromatic carbocycles. The van der Waals surface area contributed by atoms with Gasteiger partial charge in [0, 0.05) is 6.20 Å². The minimum atomic E-state index is -3.76. The molecule has 0 fully saturated rings. The molecule has 0 unspecified atom stereocenters. The van der Waals surface area contributed by atoms with Crippen LogP contribution in [0.2, 0.25) is 0 Å². The summed E-state index contributed by atoms with van der Waals surface area (Å²) < 4.78 is 43.1. The Hall–Kier alpha value is -1.96. The fourth-order valence-electron chi connectivity index (χ4n) is 1.65. The molecule has 0 radical (unpaired) electrons. The van der Waals surface area contributed by atoms with E-state index >= 15 is 0 Å². The van der Waals surface area contributed by atoms with Crippen molar-refractivity contribution in [1.82, 2.24) is 9.38 Å². The molecule has 0 bridgehead atoms. The number of methoxy groups -OCH3 is 1. The van der Waals surface area contributed by atoms with E-state index in [9.17, 15) is 17.6 Å². The van der Waals surface area contributed by atoms with Gasteiger partial charge in [0.15, 0.2) is 32.0 Å². The topological polar surface area (TPSA) is 77.7 Å². The normalized spacial score (nSPS) is 11.7. The number of fused-ring (bicyclic) bond motifs is 1. The van der Waals surface area contributed by atoms with Crippen molar-refractivity contribution < 1.29 is 22.3 Å². The SMILES string of the molecule is CCS(=O)(=O)c1nc2c(F)cccn2c1C(=O)OC. The first kappa shape index (κ1) is 13.5. The smallest absolute Gasteiger partial charge is 0.358 e. The summed E-state index contributed by atoms with van der Waals surface area (Å²) in [6, 6.07) is 2.48. The summed E-state index contributed by atoms with van der Waals surface area (Å²) in [6.45, 7) is 1.41. The molecule has 0 amide bonds. The summed E-state index contributed by atoms with van der Waals surface area (Å²) in [6.07, 6.45) is 1.35. The molecule has 2 aromatic heterocycles. The van der Waals surface area contributed by atoms with Crippen molar-refractivity contribution in [2.45, 2.75) is 11.9 Å². The van der Waals surface area contributed by atoms with E-state index in [1.165, 1.54) is 19.2 Å². The summed E-state index contributed by atoms with van der Waals surface area (Å²) in [7, 11) is -2.65. The van der Waals surface area contributed by atoms with Crippen molar-refractivity contribution in [3.05, 3.63) is 29.8 Å². The quantitative estimate of drug-likeness (QED) is 0.788. The number of ether oxygens (including phenoxy) is 1. The van der Waals surface area contributed by atoms with Gasteiger partial charge >= 0.3 is 5.97 Å². The third-order valence-electron chi connectivity index (χ3n) is 2.62. The molecular formula is C11H11FN2O4S. The molecule has 8 heteroatoms. The van der Waals surface area contributed by atoms with Gasteiger partial charge in [-0.25, -0.2) is 22.6 Å². The number of imidazole rings is 1. The Labute approximate surface area is 108 Å². The number of hydrogen-bond acceptors (Lipinski definition) is 5. The summed E-state index contributed by atoms with van der Waals surface area (Å²) >= 11 is 0. The Bertz CT molecular complexity index is 751. The van der Waals surface area contributed by atoms with E-state index < -0.39 is 26.6 Å². The number of sulfone groups is 1. The molecule has 0 aliphatic carbocycles. The largest absolute Gasteiger partial charge is 0.464 e. The van der Waals surface area contributed by atoms with Crippen LogP contribution in [0.3, 0.4) is 0 Å². The van der Waals surface area contributed by atoms with Crippen molar-refractivity contribution in [3.63, 3.8) is 0 Å². The van der Waals surface area contributed by atoms with E-state index in [1.54, 1.807) is 0 Å². The molecule has 102 valence electrons. The highest BCUT2D eigenvalue weighted by atomic mass is 32.2. The fourth-order valence-corrected chi connectivity index (χ4v) is 2.62. The zero-order chi connectivity index (χ0) is 14.2. The van der Waals surface area contributed by atoms with Gasteiger partial charge in [-0.15, -0.1) is 0 Å². The summed E-state index contributed by atoms with van der Waals surface area (Å²) in [5.41, 5.74) is -0.520. The minimum Gasteiger partial charge on any atom is -0.464 e. The van der Waals surface area contributed by atoms with Crippen LogP contribution in [0.15, 0.2) is 23.4 Å². The third-order valence-corrected chi connectivity index (χ3v) is 4.26. The zero-order valence-electron chi connectivity index (χ0n) is 10.3. The maximum Gasteiger partial charge on any atom is 0.358 e. The molecule has 0 aliphatic rings. The molecule has 0 saturated heterocycles. The molecule has 2 heterocycles. The van der Waals surface area contributed by atoms with Gasteiger partial charge in [-0.05, 0) is 12.1 Å². The van der Waals surface area contributed by atoms with Crippen LogP contribution in [-0.4, -0.2) is 36.6 Å². The average molecular weight is 286 g/mol. The van der Waals surface area contributed by atoms with Crippen molar-refractivity contribution >= 4 is 21.5 Å².